The molecule has 0 aliphatic carbocycles. The first kappa shape index (κ1) is 31.3. The van der Waals surface area contributed by atoms with Crippen LogP contribution in [0.15, 0.2) is 37.1 Å². The first-order valence-corrected chi connectivity index (χ1v) is 12.2. The van der Waals surface area contributed by atoms with Crippen LogP contribution in [0.1, 0.15) is 25.0 Å². The first-order valence-electron chi connectivity index (χ1n) is 12.2. The zero-order valence-electron chi connectivity index (χ0n) is 21.8. The summed E-state index contributed by atoms with van der Waals surface area (Å²) in [7, 11) is 1.65. The van der Waals surface area contributed by atoms with Crippen LogP contribution in [0, 0.1) is 0 Å². The van der Waals surface area contributed by atoms with Crippen LogP contribution in [0.5, 0.6) is 0 Å². The summed E-state index contributed by atoms with van der Waals surface area (Å²) < 4.78 is 43.1. The maximum Gasteiger partial charge on any atom is 0.111 e. The van der Waals surface area contributed by atoms with E-state index < -0.39 is 0 Å². The van der Waals surface area contributed by atoms with Gasteiger partial charge in [-0.2, -0.15) is 0 Å². The van der Waals surface area contributed by atoms with Crippen molar-refractivity contribution in [2.75, 3.05) is 99.6 Å². The molecule has 0 fully saturated rings. The van der Waals surface area contributed by atoms with Gasteiger partial charge in [0.05, 0.1) is 85.5 Å². The number of benzene rings is 1. The molecule has 0 aliphatic rings. The second kappa shape index (κ2) is 22.7. The summed E-state index contributed by atoms with van der Waals surface area (Å²) in [5.74, 6) is 0. The number of ether oxygens (including phenoxy) is 8. The van der Waals surface area contributed by atoms with Gasteiger partial charge in [0.2, 0.25) is 0 Å². The number of hydrogen-bond acceptors (Lipinski definition) is 8. The van der Waals surface area contributed by atoms with Crippen LogP contribution >= 0.6 is 0 Å². The first-order chi connectivity index (χ1) is 17.2. The highest BCUT2D eigenvalue weighted by molar-refractivity contribution is 5.70. The summed E-state index contributed by atoms with van der Waals surface area (Å²) in [5, 5.41) is 0. The normalized spacial score (nSPS) is 11.7. The van der Waals surface area contributed by atoms with Gasteiger partial charge >= 0.3 is 0 Å². The van der Waals surface area contributed by atoms with E-state index >= 15 is 0 Å². The Balaban J connectivity index is 2.16. The van der Waals surface area contributed by atoms with Gasteiger partial charge < -0.3 is 37.9 Å². The number of rotatable bonds is 24. The van der Waals surface area contributed by atoms with Gasteiger partial charge in [-0.1, -0.05) is 24.8 Å². The van der Waals surface area contributed by atoms with Gasteiger partial charge in [-0.25, -0.2) is 0 Å². The van der Waals surface area contributed by atoms with E-state index in [1.54, 1.807) is 13.4 Å². The molecule has 0 radical (unpaired) electrons. The quantitative estimate of drug-likeness (QED) is 0.158. The van der Waals surface area contributed by atoms with Crippen molar-refractivity contribution < 1.29 is 37.9 Å². The summed E-state index contributed by atoms with van der Waals surface area (Å²) in [6, 6.07) is 8.17. The van der Waals surface area contributed by atoms with E-state index in [-0.39, 0.29) is 0 Å². The lowest BCUT2D eigenvalue weighted by atomic mass is 10.0. The average Bonchev–Trinajstić information content (AvgIpc) is 2.88. The largest absolute Gasteiger partial charge is 0.498 e. The molecule has 0 atom stereocenters. The molecular weight excluding hydrogens is 452 g/mol. The molecule has 8 nitrogen and oxygen atoms in total. The van der Waals surface area contributed by atoms with Crippen LogP contribution in [0.3, 0.4) is 0 Å². The molecule has 1 aromatic rings. The van der Waals surface area contributed by atoms with Gasteiger partial charge in [-0.05, 0) is 42.2 Å². The van der Waals surface area contributed by atoms with E-state index in [1.807, 2.05) is 32.0 Å². The predicted molar refractivity (Wildman–Crippen MR) is 138 cm³/mol. The third-order valence-electron chi connectivity index (χ3n) is 4.73. The van der Waals surface area contributed by atoms with E-state index in [2.05, 4.69) is 12.6 Å². The Hall–Kier alpha value is -1.78. The van der Waals surface area contributed by atoms with Crippen molar-refractivity contribution >= 4 is 11.1 Å². The van der Waals surface area contributed by atoms with Gasteiger partial charge in [0.1, 0.15) is 6.61 Å². The van der Waals surface area contributed by atoms with Crippen LogP contribution in [-0.2, 0) is 37.9 Å². The van der Waals surface area contributed by atoms with Crippen molar-refractivity contribution in [3.63, 3.8) is 0 Å². The predicted octanol–water partition coefficient (Wildman–Crippen LogP) is 3.84. The van der Waals surface area contributed by atoms with Crippen LogP contribution in [0.4, 0.5) is 0 Å². The van der Waals surface area contributed by atoms with Crippen LogP contribution in [0.25, 0.3) is 11.1 Å². The Morgan fingerprint density at radius 3 is 1.83 bits per heavy atom. The molecule has 0 aliphatic heterocycles. The number of methoxy groups -OCH3 is 1. The van der Waals surface area contributed by atoms with E-state index in [1.165, 1.54) is 0 Å². The Bertz CT molecular complexity index is 677. The molecule has 0 bridgehead atoms. The van der Waals surface area contributed by atoms with E-state index in [9.17, 15) is 0 Å². The molecule has 0 N–H and O–H groups in total. The lowest BCUT2D eigenvalue weighted by Crippen LogP contribution is -2.12. The maximum atomic E-state index is 5.70. The number of allylic oxidation sites excluding steroid dienone is 1. The summed E-state index contributed by atoms with van der Waals surface area (Å²) in [5.41, 5.74) is 4.06. The highest BCUT2D eigenvalue weighted by Crippen LogP contribution is 2.20. The third kappa shape index (κ3) is 17.3. The van der Waals surface area contributed by atoms with Gasteiger partial charge in [-0.15, -0.1) is 0 Å². The molecule has 35 heavy (non-hydrogen) atoms. The molecule has 0 spiro atoms. The molecule has 8 heteroatoms. The highest BCUT2D eigenvalue weighted by atomic mass is 16.6. The van der Waals surface area contributed by atoms with E-state index in [4.69, 9.17) is 37.9 Å². The minimum absolute atomic E-state index is 0.448. The Morgan fingerprint density at radius 2 is 1.23 bits per heavy atom. The summed E-state index contributed by atoms with van der Waals surface area (Å²) in [6.45, 7) is 15.9. The van der Waals surface area contributed by atoms with Gasteiger partial charge in [0, 0.05) is 13.7 Å². The second-order valence-electron chi connectivity index (χ2n) is 7.55. The fourth-order valence-electron chi connectivity index (χ4n) is 2.79. The monoisotopic (exact) mass is 496 g/mol. The molecule has 0 heterocycles. The van der Waals surface area contributed by atoms with Crippen LogP contribution in [-0.4, -0.2) is 99.6 Å². The fraction of sp³-hybridized carbons (Fsp3) is 0.630. The smallest absolute Gasteiger partial charge is 0.111 e. The molecule has 0 amide bonds. The molecule has 0 saturated heterocycles. The topological polar surface area (TPSA) is 73.8 Å². The fourth-order valence-corrected chi connectivity index (χ4v) is 2.79. The Morgan fingerprint density at radius 1 is 0.714 bits per heavy atom. The molecule has 0 saturated carbocycles. The van der Waals surface area contributed by atoms with Crippen molar-refractivity contribution in [1.82, 2.24) is 0 Å². The minimum atomic E-state index is 0.448. The Labute approximate surface area is 211 Å². The number of hydrogen-bond donors (Lipinski definition) is 0. The Kier molecular flexibility index (Phi) is 20.2. The zero-order chi connectivity index (χ0) is 25.4. The lowest BCUT2D eigenvalue weighted by molar-refractivity contribution is 0.00286. The van der Waals surface area contributed by atoms with Gasteiger partial charge in [0.25, 0.3) is 0 Å². The molecule has 200 valence electrons. The minimum Gasteiger partial charge on any atom is -0.498 e. The van der Waals surface area contributed by atoms with Crippen LogP contribution < -0.4 is 0 Å². The third-order valence-corrected chi connectivity index (χ3v) is 4.73. The van der Waals surface area contributed by atoms with Gasteiger partial charge in [-0.3, -0.25) is 0 Å². The van der Waals surface area contributed by atoms with Crippen LogP contribution in [0.2, 0.25) is 0 Å². The van der Waals surface area contributed by atoms with E-state index in [0.29, 0.717) is 92.5 Å². The molecular formula is C27H44O8. The van der Waals surface area contributed by atoms with Crippen molar-refractivity contribution in [3.05, 3.63) is 48.2 Å². The zero-order valence-corrected chi connectivity index (χ0v) is 21.8. The molecule has 0 aromatic heterocycles. The molecule has 1 aromatic carbocycles. The van der Waals surface area contributed by atoms with Crippen molar-refractivity contribution in [2.24, 2.45) is 0 Å². The van der Waals surface area contributed by atoms with Gasteiger partial charge in [0.15, 0.2) is 0 Å². The molecule has 1 rings (SSSR count). The standard InChI is InChI=1S/C27H44O8/c1-5-29-11-12-31-15-16-33-18-20-35-23-25(3)27-8-6-7-26(21-27)24(2)22-34-19-17-32-14-13-30-10-9-28-4/h6-8,21-22H,3,5,9-20,23H2,1-2,4H3/b24-22+. The summed E-state index contributed by atoms with van der Waals surface area (Å²) in [6.07, 6.45) is 1.76. The lowest BCUT2D eigenvalue weighted by Gasteiger charge is -2.11. The summed E-state index contributed by atoms with van der Waals surface area (Å²) >= 11 is 0. The van der Waals surface area contributed by atoms with Crippen molar-refractivity contribution in [2.45, 2.75) is 13.8 Å². The van der Waals surface area contributed by atoms with Crippen molar-refractivity contribution in [1.29, 1.82) is 0 Å². The maximum absolute atomic E-state index is 5.70. The summed E-state index contributed by atoms with van der Waals surface area (Å²) in [4.78, 5) is 0. The van der Waals surface area contributed by atoms with E-state index in [0.717, 1.165) is 22.3 Å². The highest BCUT2D eigenvalue weighted by Gasteiger charge is 2.03. The SMILES string of the molecule is C=C(COCCOCCOCCOCC)c1cccc(/C(C)=C/OCCOCCOCCOC)c1. The average molecular weight is 497 g/mol. The second-order valence-corrected chi connectivity index (χ2v) is 7.55. The molecule has 0 unspecified atom stereocenters. The van der Waals surface area contributed by atoms with Crippen molar-refractivity contribution in [3.8, 4) is 0 Å².